The van der Waals surface area contributed by atoms with E-state index in [-0.39, 0.29) is 5.82 Å². The van der Waals surface area contributed by atoms with Crippen molar-refractivity contribution in [3.63, 3.8) is 0 Å². The van der Waals surface area contributed by atoms with Crippen molar-refractivity contribution in [1.82, 2.24) is 5.32 Å². The first-order valence-electron chi connectivity index (χ1n) is 5.10. The lowest BCUT2D eigenvalue weighted by molar-refractivity contribution is 0.613. The van der Waals surface area contributed by atoms with E-state index in [1.165, 1.54) is 11.6 Å². The third kappa shape index (κ3) is 3.14. The Labute approximate surface area is 97.5 Å². The van der Waals surface area contributed by atoms with Crippen molar-refractivity contribution in [3.8, 4) is 0 Å². The molecule has 0 unspecified atom stereocenters. The minimum atomic E-state index is -0.190. The molecule has 0 radical (unpaired) electrons. The average molecular weight is 270 g/mol. The molecule has 0 aromatic heterocycles. The highest BCUT2D eigenvalue weighted by Gasteiger charge is 2.05. The van der Waals surface area contributed by atoms with Crippen molar-refractivity contribution >= 4 is 22.0 Å². The lowest BCUT2D eigenvalue weighted by atomic mass is 10.0. The van der Waals surface area contributed by atoms with E-state index in [0.717, 1.165) is 36.0 Å². The van der Waals surface area contributed by atoms with Crippen LogP contribution in [0.5, 0.6) is 0 Å². The highest BCUT2D eigenvalue weighted by Crippen LogP contribution is 2.20. The minimum absolute atomic E-state index is 0.190. The van der Waals surface area contributed by atoms with Gasteiger partial charge in [0.1, 0.15) is 5.82 Å². The molecule has 0 bridgehead atoms. The summed E-state index contributed by atoms with van der Waals surface area (Å²) >= 11 is 3.30. The maximum atomic E-state index is 13.1. The first-order chi connectivity index (χ1) is 7.24. The Bertz CT molecular complexity index is 359. The number of piperidine rings is 1. The largest absolute Gasteiger partial charge is 0.316 e. The van der Waals surface area contributed by atoms with E-state index in [9.17, 15) is 4.39 Å². The quantitative estimate of drug-likeness (QED) is 0.825. The number of halogens is 2. The monoisotopic (exact) mass is 269 g/mol. The topological polar surface area (TPSA) is 12.0 Å². The third-order valence-electron chi connectivity index (χ3n) is 2.50. The van der Waals surface area contributed by atoms with Crippen molar-refractivity contribution in [1.29, 1.82) is 0 Å². The Hall–Kier alpha value is -0.670. The van der Waals surface area contributed by atoms with Crippen molar-refractivity contribution in [2.75, 3.05) is 13.1 Å². The molecule has 0 spiro atoms. The van der Waals surface area contributed by atoms with Gasteiger partial charge in [0.25, 0.3) is 0 Å². The Morgan fingerprint density at radius 3 is 2.60 bits per heavy atom. The predicted molar refractivity (Wildman–Crippen MR) is 64.2 cm³/mol. The zero-order valence-electron chi connectivity index (χ0n) is 8.39. The van der Waals surface area contributed by atoms with Gasteiger partial charge in [0, 0.05) is 4.47 Å². The molecule has 1 nitrogen and oxygen atoms in total. The Balaban J connectivity index is 2.21. The Morgan fingerprint density at radius 1 is 1.20 bits per heavy atom. The highest BCUT2D eigenvalue weighted by atomic mass is 79.9. The van der Waals surface area contributed by atoms with E-state index in [1.807, 2.05) is 6.07 Å². The van der Waals surface area contributed by atoms with E-state index >= 15 is 0 Å². The number of rotatable bonds is 1. The number of hydrogen-bond acceptors (Lipinski definition) is 1. The lowest BCUT2D eigenvalue weighted by Crippen LogP contribution is -2.22. The van der Waals surface area contributed by atoms with Crippen LogP contribution >= 0.6 is 15.9 Å². The summed E-state index contributed by atoms with van der Waals surface area (Å²) in [5, 5.41) is 3.30. The van der Waals surface area contributed by atoms with Gasteiger partial charge in [0.2, 0.25) is 0 Å². The summed E-state index contributed by atoms with van der Waals surface area (Å²) < 4.78 is 13.9. The fourth-order valence-electron chi connectivity index (χ4n) is 1.79. The standard InChI is InChI=1S/C12H13BrFN/c13-11-6-10(7-12(14)8-11)5-9-1-3-15-4-2-9/h5-8,15H,1-4H2. The second-order valence-electron chi connectivity index (χ2n) is 3.76. The van der Waals surface area contributed by atoms with Gasteiger partial charge in [-0.15, -0.1) is 0 Å². The van der Waals surface area contributed by atoms with Crippen LogP contribution in [0.25, 0.3) is 6.08 Å². The normalized spacial score (nSPS) is 16.5. The summed E-state index contributed by atoms with van der Waals surface area (Å²) in [6.07, 6.45) is 4.22. The fraction of sp³-hybridized carbons (Fsp3) is 0.333. The summed E-state index contributed by atoms with van der Waals surface area (Å²) in [5.41, 5.74) is 2.34. The molecule has 0 atom stereocenters. The first kappa shape index (κ1) is 10.8. The first-order valence-corrected chi connectivity index (χ1v) is 5.89. The molecule has 80 valence electrons. The highest BCUT2D eigenvalue weighted by molar-refractivity contribution is 9.10. The molecular weight excluding hydrogens is 257 g/mol. The van der Waals surface area contributed by atoms with Crippen LogP contribution in [0.3, 0.4) is 0 Å². The average Bonchev–Trinajstić information content (AvgIpc) is 2.17. The molecule has 1 aromatic rings. The third-order valence-corrected chi connectivity index (χ3v) is 2.96. The van der Waals surface area contributed by atoms with E-state index < -0.39 is 0 Å². The van der Waals surface area contributed by atoms with Crippen LogP contribution in [0, 0.1) is 5.82 Å². The van der Waals surface area contributed by atoms with Crippen molar-refractivity contribution in [2.45, 2.75) is 12.8 Å². The van der Waals surface area contributed by atoms with Crippen LogP contribution in [0.2, 0.25) is 0 Å². The summed E-state index contributed by atoms with van der Waals surface area (Å²) in [5.74, 6) is -0.190. The van der Waals surface area contributed by atoms with Crippen LogP contribution in [0.4, 0.5) is 4.39 Å². The van der Waals surface area contributed by atoms with Gasteiger partial charge in [-0.1, -0.05) is 27.6 Å². The predicted octanol–water partition coefficient (Wildman–Crippen LogP) is 3.36. The molecule has 1 saturated heterocycles. The Morgan fingerprint density at radius 2 is 1.93 bits per heavy atom. The molecule has 1 aliphatic rings. The lowest BCUT2D eigenvalue weighted by Gasteiger charge is -2.15. The molecule has 1 aromatic carbocycles. The van der Waals surface area contributed by atoms with E-state index in [1.54, 1.807) is 6.07 Å². The number of nitrogens with one attached hydrogen (secondary N) is 1. The molecule has 0 amide bonds. The van der Waals surface area contributed by atoms with Gasteiger partial charge in [-0.2, -0.15) is 0 Å². The second-order valence-corrected chi connectivity index (χ2v) is 4.67. The van der Waals surface area contributed by atoms with Gasteiger partial charge in [-0.25, -0.2) is 4.39 Å². The summed E-state index contributed by atoms with van der Waals surface area (Å²) in [6, 6.07) is 4.99. The smallest absolute Gasteiger partial charge is 0.124 e. The van der Waals surface area contributed by atoms with Crippen LogP contribution in [0.15, 0.2) is 28.2 Å². The molecular formula is C12H13BrFN. The number of hydrogen-bond donors (Lipinski definition) is 1. The van der Waals surface area contributed by atoms with Gasteiger partial charge in [0.15, 0.2) is 0 Å². The van der Waals surface area contributed by atoms with E-state index in [2.05, 4.69) is 27.3 Å². The molecule has 1 N–H and O–H groups in total. The van der Waals surface area contributed by atoms with Crippen LogP contribution in [-0.2, 0) is 0 Å². The van der Waals surface area contributed by atoms with Gasteiger partial charge in [0.05, 0.1) is 0 Å². The number of benzene rings is 1. The molecule has 1 heterocycles. The molecule has 0 aliphatic carbocycles. The Kier molecular flexibility index (Phi) is 3.54. The van der Waals surface area contributed by atoms with Gasteiger partial charge >= 0.3 is 0 Å². The molecule has 3 heteroatoms. The molecule has 2 rings (SSSR count). The molecule has 1 aliphatic heterocycles. The van der Waals surface area contributed by atoms with Gasteiger partial charge in [-0.05, 0) is 49.7 Å². The SMILES string of the molecule is Fc1cc(Br)cc(C=C2CCNCC2)c1. The van der Waals surface area contributed by atoms with Crippen LogP contribution < -0.4 is 5.32 Å². The van der Waals surface area contributed by atoms with Crippen molar-refractivity contribution in [2.24, 2.45) is 0 Å². The van der Waals surface area contributed by atoms with E-state index in [4.69, 9.17) is 0 Å². The second kappa shape index (κ2) is 4.90. The van der Waals surface area contributed by atoms with Gasteiger partial charge < -0.3 is 5.32 Å². The van der Waals surface area contributed by atoms with Gasteiger partial charge in [-0.3, -0.25) is 0 Å². The zero-order valence-corrected chi connectivity index (χ0v) is 9.98. The van der Waals surface area contributed by atoms with E-state index in [0.29, 0.717) is 0 Å². The zero-order chi connectivity index (χ0) is 10.7. The summed E-state index contributed by atoms with van der Waals surface area (Å²) in [4.78, 5) is 0. The summed E-state index contributed by atoms with van der Waals surface area (Å²) in [7, 11) is 0. The minimum Gasteiger partial charge on any atom is -0.316 e. The molecule has 1 fully saturated rings. The molecule has 0 saturated carbocycles. The molecule has 15 heavy (non-hydrogen) atoms. The van der Waals surface area contributed by atoms with Crippen molar-refractivity contribution < 1.29 is 4.39 Å². The maximum absolute atomic E-state index is 13.1. The van der Waals surface area contributed by atoms with Crippen molar-refractivity contribution in [3.05, 3.63) is 39.6 Å². The van der Waals surface area contributed by atoms with Crippen LogP contribution in [-0.4, -0.2) is 13.1 Å². The van der Waals surface area contributed by atoms with Crippen LogP contribution in [0.1, 0.15) is 18.4 Å². The maximum Gasteiger partial charge on any atom is 0.124 e. The summed E-state index contributed by atoms with van der Waals surface area (Å²) in [6.45, 7) is 2.06. The fourth-order valence-corrected chi connectivity index (χ4v) is 2.27.